The van der Waals surface area contributed by atoms with Gasteiger partial charge in [-0.3, -0.25) is 9.69 Å². The fourth-order valence-corrected chi connectivity index (χ4v) is 5.25. The maximum absolute atomic E-state index is 13.2. The monoisotopic (exact) mass is 531 g/mol. The number of carbonyl (C=O) groups is 2. The van der Waals surface area contributed by atoms with Crippen molar-refractivity contribution in [3.63, 3.8) is 0 Å². The second-order valence-corrected chi connectivity index (χ2v) is 9.63. The molecule has 3 unspecified atom stereocenters. The molecule has 9 heteroatoms. The molecule has 2 N–H and O–H groups in total. The van der Waals surface area contributed by atoms with Crippen LogP contribution in [0.2, 0.25) is 0 Å². The predicted octanol–water partition coefficient (Wildman–Crippen LogP) is 3.46. The third-order valence-corrected chi connectivity index (χ3v) is 7.16. The Hall–Kier alpha value is -2.62. The van der Waals surface area contributed by atoms with E-state index in [1.54, 1.807) is 36.3 Å². The normalized spacial score (nSPS) is 24.8. The Labute approximate surface area is 208 Å². The van der Waals surface area contributed by atoms with Gasteiger partial charge in [-0.25, -0.2) is 4.79 Å². The number of fused-ring (bicyclic) bond motifs is 1. The highest BCUT2D eigenvalue weighted by Crippen LogP contribution is 2.42. The van der Waals surface area contributed by atoms with E-state index in [2.05, 4.69) is 38.3 Å². The first-order valence-electron chi connectivity index (χ1n) is 11.4. The van der Waals surface area contributed by atoms with Crippen LogP contribution in [0.3, 0.4) is 0 Å². The van der Waals surface area contributed by atoms with Gasteiger partial charge < -0.3 is 24.8 Å². The lowest BCUT2D eigenvalue weighted by Crippen LogP contribution is -2.69. The summed E-state index contributed by atoms with van der Waals surface area (Å²) >= 11 is 3.48. The van der Waals surface area contributed by atoms with Crippen LogP contribution in [-0.2, 0) is 9.53 Å². The average molecular weight is 532 g/mol. The fourth-order valence-electron chi connectivity index (χ4n) is 4.99. The molecule has 2 amide bonds. The van der Waals surface area contributed by atoms with E-state index in [1.165, 1.54) is 6.92 Å². The summed E-state index contributed by atoms with van der Waals surface area (Å²) in [6.07, 6.45) is 0.177. The summed E-state index contributed by atoms with van der Waals surface area (Å²) in [5.74, 6) is 0.429. The van der Waals surface area contributed by atoms with Crippen LogP contribution in [-0.4, -0.2) is 78.4 Å². The summed E-state index contributed by atoms with van der Waals surface area (Å²) in [4.78, 5) is 28.9. The number of urea groups is 1. The van der Waals surface area contributed by atoms with Crippen molar-refractivity contribution in [2.24, 2.45) is 0 Å². The third kappa shape index (κ3) is 5.37. The lowest BCUT2D eigenvalue weighted by Gasteiger charge is -2.57. The molecule has 2 saturated heterocycles. The van der Waals surface area contributed by atoms with Crippen LogP contribution in [0.15, 0.2) is 53.0 Å². The molecule has 8 nitrogen and oxygen atoms in total. The summed E-state index contributed by atoms with van der Waals surface area (Å²) in [6, 6.07) is 15.0. The smallest absolute Gasteiger partial charge is 0.321 e. The van der Waals surface area contributed by atoms with Crippen molar-refractivity contribution in [3.8, 4) is 5.75 Å². The van der Waals surface area contributed by atoms with Gasteiger partial charge in [0.05, 0.1) is 13.7 Å². The van der Waals surface area contributed by atoms with Gasteiger partial charge >= 0.3 is 12.0 Å². The molecule has 0 bridgehead atoms. The van der Waals surface area contributed by atoms with Crippen LogP contribution in [0.4, 0.5) is 10.5 Å². The number of anilines is 1. The molecule has 0 aromatic heterocycles. The van der Waals surface area contributed by atoms with Crippen molar-refractivity contribution in [3.05, 3.63) is 58.6 Å². The molecule has 4 rings (SSSR count). The predicted molar refractivity (Wildman–Crippen MR) is 132 cm³/mol. The molecule has 4 atom stereocenters. The number of hydrogen-bond donors (Lipinski definition) is 2. The molecule has 0 saturated carbocycles. The molecular weight excluding hydrogens is 502 g/mol. The van der Waals surface area contributed by atoms with Gasteiger partial charge in [0.1, 0.15) is 11.9 Å². The number of hydrogen-bond acceptors (Lipinski definition) is 6. The molecule has 2 aliphatic heterocycles. The first-order valence-corrected chi connectivity index (χ1v) is 12.2. The third-order valence-electron chi connectivity index (χ3n) is 6.63. The highest BCUT2D eigenvalue weighted by Gasteiger charge is 2.51. The lowest BCUT2D eigenvalue weighted by molar-refractivity contribution is -0.153. The van der Waals surface area contributed by atoms with Crippen molar-refractivity contribution < 1.29 is 24.2 Å². The number of methoxy groups -OCH3 is 1. The minimum absolute atomic E-state index is 0.00157. The Balaban J connectivity index is 1.56. The molecule has 0 aliphatic carbocycles. The maximum Gasteiger partial charge on any atom is 0.321 e. The molecule has 2 fully saturated rings. The molecule has 0 radical (unpaired) electrons. The summed E-state index contributed by atoms with van der Waals surface area (Å²) in [7, 11) is 1.60. The number of amides is 2. The van der Waals surface area contributed by atoms with E-state index in [-0.39, 0.29) is 42.7 Å². The Morgan fingerprint density at radius 1 is 1.12 bits per heavy atom. The van der Waals surface area contributed by atoms with E-state index in [1.807, 2.05) is 12.1 Å². The van der Waals surface area contributed by atoms with E-state index in [4.69, 9.17) is 9.47 Å². The second-order valence-electron chi connectivity index (χ2n) is 8.72. The second kappa shape index (κ2) is 10.8. The quantitative estimate of drug-likeness (QED) is 0.574. The number of nitrogens with one attached hydrogen (secondary N) is 1. The number of halogens is 1. The summed E-state index contributed by atoms with van der Waals surface area (Å²) in [5.41, 5.74) is 1.79. The SMILES string of the molecule is COc1ccc(NC(=O)N2CCC(OC(C)=O)CN3C(C2)C(c2ccc(Br)cc2)[C@H]3CO)cc1. The van der Waals surface area contributed by atoms with Gasteiger partial charge in [0.2, 0.25) is 0 Å². The zero-order valence-corrected chi connectivity index (χ0v) is 20.9. The van der Waals surface area contributed by atoms with Gasteiger partial charge in [-0.2, -0.15) is 0 Å². The van der Waals surface area contributed by atoms with E-state index in [0.29, 0.717) is 37.5 Å². The van der Waals surface area contributed by atoms with Crippen LogP contribution in [0.5, 0.6) is 5.75 Å². The highest BCUT2D eigenvalue weighted by molar-refractivity contribution is 9.10. The largest absolute Gasteiger partial charge is 0.497 e. The van der Waals surface area contributed by atoms with Crippen molar-refractivity contribution in [2.75, 3.05) is 38.7 Å². The van der Waals surface area contributed by atoms with Crippen molar-refractivity contribution in [2.45, 2.75) is 37.5 Å². The molecule has 2 aliphatic rings. The van der Waals surface area contributed by atoms with E-state index < -0.39 is 0 Å². The zero-order valence-electron chi connectivity index (χ0n) is 19.3. The van der Waals surface area contributed by atoms with Crippen molar-refractivity contribution in [1.82, 2.24) is 9.80 Å². The number of rotatable bonds is 5. The highest BCUT2D eigenvalue weighted by atomic mass is 79.9. The van der Waals surface area contributed by atoms with E-state index in [9.17, 15) is 14.7 Å². The average Bonchev–Trinajstić information content (AvgIpc) is 2.81. The number of aliphatic hydroxyl groups excluding tert-OH is 1. The van der Waals surface area contributed by atoms with Gasteiger partial charge in [-0.05, 0) is 42.0 Å². The molecular formula is C25H30BrN3O5. The minimum atomic E-state index is -0.350. The molecule has 0 spiro atoms. The van der Waals surface area contributed by atoms with Crippen LogP contribution in [0.25, 0.3) is 0 Å². The molecule has 2 aromatic carbocycles. The summed E-state index contributed by atoms with van der Waals surface area (Å²) in [6.45, 7) is 2.89. The number of aliphatic hydroxyl groups is 1. The number of esters is 1. The Bertz CT molecular complexity index is 1000. The number of carbonyl (C=O) groups excluding carboxylic acids is 2. The summed E-state index contributed by atoms with van der Waals surface area (Å²) in [5, 5.41) is 13.2. The standard InChI is InChI=1S/C25H30BrN3O5/c1-16(31)34-21-11-12-28(25(32)27-19-7-9-20(33-2)10-8-19)14-22-24(23(15-30)29(22)13-21)17-3-5-18(26)6-4-17/h3-10,21-24,30H,11-15H2,1-2H3,(H,27,32)/t21?,22?,23-,24?/m1/s1. The molecule has 182 valence electrons. The lowest BCUT2D eigenvalue weighted by atomic mass is 9.74. The Morgan fingerprint density at radius 3 is 2.44 bits per heavy atom. The first kappa shape index (κ1) is 24.5. The van der Waals surface area contributed by atoms with Gasteiger partial charge in [0, 0.05) is 61.1 Å². The van der Waals surface area contributed by atoms with Gasteiger partial charge in [-0.15, -0.1) is 0 Å². The van der Waals surface area contributed by atoms with Crippen molar-refractivity contribution >= 4 is 33.6 Å². The van der Waals surface area contributed by atoms with Gasteiger partial charge in [0.15, 0.2) is 0 Å². The fraction of sp³-hybridized carbons (Fsp3) is 0.440. The number of nitrogens with zero attached hydrogens (tertiary/aromatic N) is 2. The summed E-state index contributed by atoms with van der Waals surface area (Å²) < 4.78 is 11.7. The molecule has 2 heterocycles. The minimum Gasteiger partial charge on any atom is -0.497 e. The van der Waals surface area contributed by atoms with Crippen LogP contribution < -0.4 is 10.1 Å². The van der Waals surface area contributed by atoms with Crippen LogP contribution >= 0.6 is 15.9 Å². The maximum atomic E-state index is 13.2. The molecule has 34 heavy (non-hydrogen) atoms. The zero-order chi connectivity index (χ0) is 24.2. The van der Waals surface area contributed by atoms with E-state index >= 15 is 0 Å². The van der Waals surface area contributed by atoms with Gasteiger partial charge in [-0.1, -0.05) is 28.1 Å². The van der Waals surface area contributed by atoms with Crippen LogP contribution in [0, 0.1) is 0 Å². The van der Waals surface area contributed by atoms with Crippen LogP contribution in [0.1, 0.15) is 24.8 Å². The molecule has 2 aromatic rings. The Kier molecular flexibility index (Phi) is 7.75. The number of benzene rings is 2. The first-order chi connectivity index (χ1) is 16.4. The number of ether oxygens (including phenoxy) is 2. The van der Waals surface area contributed by atoms with E-state index in [0.717, 1.165) is 10.0 Å². The van der Waals surface area contributed by atoms with Crippen molar-refractivity contribution in [1.29, 1.82) is 0 Å². The van der Waals surface area contributed by atoms with Gasteiger partial charge in [0.25, 0.3) is 0 Å². The Morgan fingerprint density at radius 2 is 1.82 bits per heavy atom. The topological polar surface area (TPSA) is 91.3 Å².